The van der Waals surface area contributed by atoms with Gasteiger partial charge in [-0.1, -0.05) is 0 Å². The maximum absolute atomic E-state index is 12.1. The van der Waals surface area contributed by atoms with Crippen LogP contribution in [0.1, 0.15) is 20.3 Å². The maximum atomic E-state index is 12.1. The van der Waals surface area contributed by atoms with Crippen molar-refractivity contribution in [1.29, 1.82) is 0 Å². The Morgan fingerprint density at radius 3 is 2.65 bits per heavy atom. The second-order valence-corrected chi connectivity index (χ2v) is 7.17. The summed E-state index contributed by atoms with van der Waals surface area (Å²) in [5, 5.41) is 1.98. The number of hydrogen-bond donors (Lipinski definition) is 2. The summed E-state index contributed by atoms with van der Waals surface area (Å²) >= 11 is 0. The lowest BCUT2D eigenvalue weighted by Gasteiger charge is -2.24. The average molecular weight is 263 g/mol. The van der Waals surface area contributed by atoms with E-state index in [1.54, 1.807) is 20.9 Å². The highest BCUT2D eigenvalue weighted by Crippen LogP contribution is 2.32. The van der Waals surface area contributed by atoms with Crippen LogP contribution in [0.3, 0.4) is 0 Å². The van der Waals surface area contributed by atoms with Crippen LogP contribution in [-0.4, -0.2) is 50.6 Å². The molecule has 0 aromatic rings. The van der Waals surface area contributed by atoms with Crippen LogP contribution in [0.2, 0.25) is 0 Å². The summed E-state index contributed by atoms with van der Waals surface area (Å²) in [6.07, 6.45) is 0.545. The molecule has 1 fully saturated rings. The molecule has 1 aliphatic heterocycles. The van der Waals surface area contributed by atoms with E-state index in [-0.39, 0.29) is 19.0 Å². The topological polar surface area (TPSA) is 92.5 Å². The van der Waals surface area contributed by atoms with Crippen molar-refractivity contribution in [2.24, 2.45) is 11.1 Å². The fraction of sp³-hybridized carbons (Fsp3) is 0.900. The van der Waals surface area contributed by atoms with Gasteiger partial charge in [-0.15, -0.1) is 0 Å². The van der Waals surface area contributed by atoms with Crippen LogP contribution < -0.4 is 11.1 Å². The summed E-state index contributed by atoms with van der Waals surface area (Å²) < 4.78 is 25.5. The minimum absolute atomic E-state index is 0.0928. The van der Waals surface area contributed by atoms with Gasteiger partial charge in [0.1, 0.15) is 0 Å². The standard InChI is InChI=1S/C10H21N3O3S/c1-8(6-11)17(15,16)13-5-4-10(2,7-13)9(14)12-3/h8H,4-7,11H2,1-3H3,(H,12,14). The molecule has 0 bridgehead atoms. The number of rotatable bonds is 4. The first-order valence-electron chi connectivity index (χ1n) is 5.69. The van der Waals surface area contributed by atoms with Crippen molar-refractivity contribution >= 4 is 15.9 Å². The number of nitrogens with two attached hydrogens (primary N) is 1. The molecule has 1 rings (SSSR count). The third-order valence-electron chi connectivity index (χ3n) is 3.41. The fourth-order valence-corrected chi connectivity index (χ4v) is 3.56. The van der Waals surface area contributed by atoms with Crippen molar-refractivity contribution in [3.63, 3.8) is 0 Å². The Morgan fingerprint density at radius 1 is 1.59 bits per heavy atom. The quantitative estimate of drug-likeness (QED) is 0.689. The van der Waals surface area contributed by atoms with Crippen LogP contribution in [0.25, 0.3) is 0 Å². The minimum Gasteiger partial charge on any atom is -0.359 e. The van der Waals surface area contributed by atoms with Gasteiger partial charge >= 0.3 is 0 Å². The zero-order chi connectivity index (χ0) is 13.3. The van der Waals surface area contributed by atoms with Crippen molar-refractivity contribution in [2.75, 3.05) is 26.7 Å². The van der Waals surface area contributed by atoms with Gasteiger partial charge in [0.2, 0.25) is 15.9 Å². The molecular formula is C10H21N3O3S. The monoisotopic (exact) mass is 263 g/mol. The molecule has 1 aliphatic rings. The van der Waals surface area contributed by atoms with Gasteiger partial charge in [0, 0.05) is 26.7 Å². The molecule has 2 atom stereocenters. The molecule has 0 aromatic carbocycles. The van der Waals surface area contributed by atoms with Crippen molar-refractivity contribution in [3.05, 3.63) is 0 Å². The Hall–Kier alpha value is -0.660. The van der Waals surface area contributed by atoms with Gasteiger partial charge in [-0.2, -0.15) is 0 Å². The normalized spacial score (nSPS) is 28.0. The van der Waals surface area contributed by atoms with Crippen LogP contribution in [0.4, 0.5) is 0 Å². The maximum Gasteiger partial charge on any atom is 0.227 e. The molecule has 100 valence electrons. The van der Waals surface area contributed by atoms with Crippen LogP contribution >= 0.6 is 0 Å². The highest BCUT2D eigenvalue weighted by atomic mass is 32.2. The first-order valence-corrected chi connectivity index (χ1v) is 7.19. The van der Waals surface area contributed by atoms with E-state index in [1.165, 1.54) is 4.31 Å². The van der Waals surface area contributed by atoms with Gasteiger partial charge in [-0.3, -0.25) is 4.79 Å². The molecule has 1 saturated heterocycles. The summed E-state index contributed by atoms with van der Waals surface area (Å²) in [5.41, 5.74) is 4.77. The SMILES string of the molecule is CNC(=O)C1(C)CCN(S(=O)(=O)C(C)CN)C1. The molecule has 0 aromatic heterocycles. The Morgan fingerprint density at radius 2 is 2.18 bits per heavy atom. The summed E-state index contributed by atoms with van der Waals surface area (Å²) in [5.74, 6) is -0.115. The van der Waals surface area contributed by atoms with E-state index < -0.39 is 20.7 Å². The zero-order valence-electron chi connectivity index (χ0n) is 10.6. The van der Waals surface area contributed by atoms with Crippen molar-refractivity contribution in [1.82, 2.24) is 9.62 Å². The van der Waals surface area contributed by atoms with Crippen LogP contribution in [0.5, 0.6) is 0 Å². The molecule has 17 heavy (non-hydrogen) atoms. The molecule has 1 amide bonds. The van der Waals surface area contributed by atoms with Crippen LogP contribution in [0.15, 0.2) is 0 Å². The minimum atomic E-state index is -3.37. The van der Waals surface area contributed by atoms with Gasteiger partial charge in [0.05, 0.1) is 10.7 Å². The highest BCUT2D eigenvalue weighted by Gasteiger charge is 2.44. The van der Waals surface area contributed by atoms with E-state index in [4.69, 9.17) is 5.73 Å². The average Bonchev–Trinajstić information content (AvgIpc) is 2.71. The van der Waals surface area contributed by atoms with E-state index in [0.29, 0.717) is 13.0 Å². The Bertz CT molecular complexity index is 396. The van der Waals surface area contributed by atoms with Crippen molar-refractivity contribution in [3.8, 4) is 0 Å². The van der Waals surface area contributed by atoms with Gasteiger partial charge in [0.25, 0.3) is 0 Å². The summed E-state index contributed by atoms with van der Waals surface area (Å²) in [6.45, 7) is 4.09. The number of sulfonamides is 1. The lowest BCUT2D eigenvalue weighted by molar-refractivity contribution is -0.128. The lowest BCUT2D eigenvalue weighted by atomic mass is 9.89. The van der Waals surface area contributed by atoms with E-state index in [0.717, 1.165) is 0 Å². The molecule has 7 heteroatoms. The summed E-state index contributed by atoms with van der Waals surface area (Å²) in [6, 6.07) is 0. The molecule has 2 unspecified atom stereocenters. The van der Waals surface area contributed by atoms with E-state index in [9.17, 15) is 13.2 Å². The molecule has 0 saturated carbocycles. The molecule has 1 heterocycles. The van der Waals surface area contributed by atoms with E-state index in [2.05, 4.69) is 5.32 Å². The molecule has 3 N–H and O–H groups in total. The van der Waals surface area contributed by atoms with E-state index in [1.807, 2.05) is 0 Å². The highest BCUT2D eigenvalue weighted by molar-refractivity contribution is 7.89. The van der Waals surface area contributed by atoms with Crippen molar-refractivity contribution < 1.29 is 13.2 Å². The predicted octanol–water partition coefficient (Wildman–Crippen LogP) is -0.879. The number of nitrogens with one attached hydrogen (secondary N) is 1. The largest absolute Gasteiger partial charge is 0.359 e. The number of carbonyl (C=O) groups is 1. The third-order valence-corrected chi connectivity index (χ3v) is 5.65. The number of nitrogens with zero attached hydrogens (tertiary/aromatic N) is 1. The Labute approximate surface area is 103 Å². The molecule has 0 spiro atoms. The molecule has 6 nitrogen and oxygen atoms in total. The Balaban J connectivity index is 2.84. The van der Waals surface area contributed by atoms with Gasteiger partial charge in [0.15, 0.2) is 0 Å². The molecule has 0 radical (unpaired) electrons. The number of hydrogen-bond acceptors (Lipinski definition) is 4. The molecule has 0 aliphatic carbocycles. The smallest absolute Gasteiger partial charge is 0.227 e. The summed E-state index contributed by atoms with van der Waals surface area (Å²) in [7, 11) is -1.81. The fourth-order valence-electron chi connectivity index (χ4n) is 2.00. The second-order valence-electron chi connectivity index (χ2n) is 4.81. The number of carbonyl (C=O) groups excluding carboxylic acids is 1. The third kappa shape index (κ3) is 2.61. The van der Waals surface area contributed by atoms with E-state index >= 15 is 0 Å². The van der Waals surface area contributed by atoms with Gasteiger partial charge in [-0.25, -0.2) is 12.7 Å². The second kappa shape index (κ2) is 4.91. The molecular weight excluding hydrogens is 242 g/mol. The first kappa shape index (κ1) is 14.4. The Kier molecular flexibility index (Phi) is 4.16. The lowest BCUT2D eigenvalue weighted by Crippen LogP contribution is -2.43. The van der Waals surface area contributed by atoms with Gasteiger partial charge < -0.3 is 11.1 Å². The zero-order valence-corrected chi connectivity index (χ0v) is 11.4. The predicted molar refractivity (Wildman–Crippen MR) is 65.8 cm³/mol. The van der Waals surface area contributed by atoms with Gasteiger partial charge in [-0.05, 0) is 20.3 Å². The van der Waals surface area contributed by atoms with Crippen LogP contribution in [0, 0.1) is 5.41 Å². The van der Waals surface area contributed by atoms with Crippen molar-refractivity contribution in [2.45, 2.75) is 25.5 Å². The summed E-state index contributed by atoms with van der Waals surface area (Å²) in [4.78, 5) is 11.7. The first-order chi connectivity index (χ1) is 7.78. The number of amides is 1. The van der Waals surface area contributed by atoms with Crippen LogP contribution in [-0.2, 0) is 14.8 Å².